The van der Waals surface area contributed by atoms with E-state index >= 15 is 0 Å². The number of hydrogen-bond acceptors (Lipinski definition) is 5. The first-order valence-corrected chi connectivity index (χ1v) is 5.46. The number of carboxylic acid groups (broad SMARTS) is 1. The third-order valence-electron chi connectivity index (χ3n) is 2.81. The molecule has 0 spiro atoms. The van der Waals surface area contributed by atoms with Crippen molar-refractivity contribution in [3.8, 4) is 5.75 Å². The van der Waals surface area contributed by atoms with Crippen molar-refractivity contribution in [3.05, 3.63) is 34.4 Å². The lowest BCUT2D eigenvalue weighted by molar-refractivity contribution is -0.386. The standard InChI is InChI=1S/C11H12N2O5/c14-10(15)11(6-3-7-12-11)18-9-5-2-1-4-8(9)13(16)17/h1-2,4-5,12H,3,6-7H2,(H,14,15). The van der Waals surface area contributed by atoms with E-state index in [0.29, 0.717) is 13.0 Å². The van der Waals surface area contributed by atoms with Crippen LogP contribution in [-0.2, 0) is 4.79 Å². The minimum absolute atomic E-state index is 0.0423. The molecule has 1 aromatic carbocycles. The number of hydrogen-bond donors (Lipinski definition) is 2. The van der Waals surface area contributed by atoms with Crippen molar-refractivity contribution in [2.75, 3.05) is 6.54 Å². The van der Waals surface area contributed by atoms with E-state index in [1.165, 1.54) is 18.2 Å². The zero-order valence-electron chi connectivity index (χ0n) is 9.46. The molecule has 0 amide bonds. The van der Waals surface area contributed by atoms with Crippen LogP contribution in [-0.4, -0.2) is 28.3 Å². The minimum atomic E-state index is -1.56. The number of aliphatic carboxylic acids is 1. The molecule has 1 fully saturated rings. The summed E-state index contributed by atoms with van der Waals surface area (Å²) < 4.78 is 5.36. The van der Waals surface area contributed by atoms with Crippen molar-refractivity contribution >= 4 is 11.7 Å². The number of para-hydroxylation sites is 2. The van der Waals surface area contributed by atoms with Crippen LogP contribution in [0.15, 0.2) is 24.3 Å². The lowest BCUT2D eigenvalue weighted by Gasteiger charge is -2.25. The minimum Gasteiger partial charge on any atom is -0.477 e. The molecule has 2 N–H and O–H groups in total. The second-order valence-corrected chi connectivity index (χ2v) is 3.99. The fourth-order valence-electron chi connectivity index (χ4n) is 1.91. The van der Waals surface area contributed by atoms with Crippen LogP contribution in [0.5, 0.6) is 5.75 Å². The number of ether oxygens (including phenoxy) is 1. The van der Waals surface area contributed by atoms with Crippen LogP contribution in [0.3, 0.4) is 0 Å². The van der Waals surface area contributed by atoms with Gasteiger partial charge in [-0.1, -0.05) is 12.1 Å². The molecule has 1 unspecified atom stereocenters. The molecule has 0 radical (unpaired) electrons. The molecule has 0 aromatic heterocycles. The third kappa shape index (κ3) is 2.12. The van der Waals surface area contributed by atoms with Gasteiger partial charge in [0.05, 0.1) is 4.92 Å². The highest BCUT2D eigenvalue weighted by Gasteiger charge is 2.44. The maximum atomic E-state index is 11.3. The van der Waals surface area contributed by atoms with Crippen LogP contribution in [0.2, 0.25) is 0 Å². The van der Waals surface area contributed by atoms with Gasteiger partial charge in [-0.25, -0.2) is 4.79 Å². The largest absolute Gasteiger partial charge is 0.477 e. The number of benzene rings is 1. The Morgan fingerprint density at radius 3 is 2.78 bits per heavy atom. The summed E-state index contributed by atoms with van der Waals surface area (Å²) in [5.41, 5.74) is -1.81. The molecule has 0 bridgehead atoms. The van der Waals surface area contributed by atoms with Crippen LogP contribution >= 0.6 is 0 Å². The van der Waals surface area contributed by atoms with Crippen molar-refractivity contribution in [1.29, 1.82) is 0 Å². The van der Waals surface area contributed by atoms with Gasteiger partial charge in [-0.2, -0.15) is 0 Å². The molecule has 1 heterocycles. The van der Waals surface area contributed by atoms with E-state index in [0.717, 1.165) is 0 Å². The van der Waals surface area contributed by atoms with E-state index in [1.807, 2.05) is 0 Å². The number of rotatable bonds is 4. The van der Waals surface area contributed by atoms with E-state index < -0.39 is 16.6 Å². The highest BCUT2D eigenvalue weighted by Crippen LogP contribution is 2.31. The Morgan fingerprint density at radius 1 is 1.50 bits per heavy atom. The predicted molar refractivity (Wildman–Crippen MR) is 61.3 cm³/mol. The lowest BCUT2D eigenvalue weighted by Crippen LogP contribution is -2.52. The van der Waals surface area contributed by atoms with Crippen molar-refractivity contribution in [2.45, 2.75) is 18.6 Å². The van der Waals surface area contributed by atoms with Crippen LogP contribution in [0.1, 0.15) is 12.8 Å². The molecule has 7 heteroatoms. The smallest absolute Gasteiger partial charge is 0.363 e. The fourth-order valence-corrected chi connectivity index (χ4v) is 1.91. The summed E-state index contributed by atoms with van der Waals surface area (Å²) in [5.74, 6) is -1.21. The number of nitro benzene ring substituents is 1. The summed E-state index contributed by atoms with van der Waals surface area (Å²) in [5, 5.41) is 22.8. The van der Waals surface area contributed by atoms with Crippen LogP contribution in [0, 0.1) is 10.1 Å². The summed E-state index contributed by atoms with van der Waals surface area (Å²) in [7, 11) is 0. The summed E-state index contributed by atoms with van der Waals surface area (Å²) in [6.45, 7) is 0.507. The molecule has 7 nitrogen and oxygen atoms in total. The maximum absolute atomic E-state index is 11.3. The molecule has 1 aromatic rings. The van der Waals surface area contributed by atoms with Gasteiger partial charge in [-0.05, 0) is 19.0 Å². The number of nitrogens with zero attached hydrogens (tertiary/aromatic N) is 1. The number of carbonyl (C=O) groups is 1. The third-order valence-corrected chi connectivity index (χ3v) is 2.81. The zero-order valence-corrected chi connectivity index (χ0v) is 9.46. The predicted octanol–water partition coefficient (Wildman–Crippen LogP) is 1.14. The zero-order chi connectivity index (χ0) is 13.2. The van der Waals surface area contributed by atoms with Gasteiger partial charge in [0.1, 0.15) is 0 Å². The molecule has 0 saturated carbocycles. The van der Waals surface area contributed by atoms with Gasteiger partial charge in [0.15, 0.2) is 5.75 Å². The fraction of sp³-hybridized carbons (Fsp3) is 0.364. The summed E-state index contributed by atoms with van der Waals surface area (Å²) in [6.07, 6.45) is 0.918. The Balaban J connectivity index is 2.33. The Hall–Kier alpha value is -2.15. The van der Waals surface area contributed by atoms with Crippen LogP contribution in [0.4, 0.5) is 5.69 Å². The van der Waals surface area contributed by atoms with E-state index in [1.54, 1.807) is 6.07 Å². The van der Waals surface area contributed by atoms with Crippen molar-refractivity contribution in [1.82, 2.24) is 5.32 Å². The Morgan fingerprint density at radius 2 is 2.22 bits per heavy atom. The first-order chi connectivity index (χ1) is 8.55. The molecule has 1 aliphatic heterocycles. The SMILES string of the molecule is O=C(O)C1(Oc2ccccc2[N+](=O)[O-])CCCN1. The molecule has 1 aliphatic rings. The van der Waals surface area contributed by atoms with Gasteiger partial charge in [-0.3, -0.25) is 15.4 Å². The Kier molecular flexibility index (Phi) is 3.15. The highest BCUT2D eigenvalue weighted by atomic mass is 16.6. The summed E-state index contributed by atoms with van der Waals surface area (Å²) in [4.78, 5) is 21.5. The quantitative estimate of drug-likeness (QED) is 0.615. The molecule has 18 heavy (non-hydrogen) atoms. The number of nitro groups is 1. The van der Waals surface area contributed by atoms with E-state index in [2.05, 4.69) is 5.32 Å². The molecule has 0 aliphatic carbocycles. The number of carboxylic acids is 1. The monoisotopic (exact) mass is 252 g/mol. The van der Waals surface area contributed by atoms with Crippen molar-refractivity contribution in [3.63, 3.8) is 0 Å². The van der Waals surface area contributed by atoms with Gasteiger partial charge < -0.3 is 9.84 Å². The van der Waals surface area contributed by atoms with E-state index in [-0.39, 0.29) is 17.9 Å². The Bertz CT molecular complexity index is 482. The second-order valence-electron chi connectivity index (χ2n) is 3.99. The normalized spacial score (nSPS) is 22.7. The molecule has 1 saturated heterocycles. The second kappa shape index (κ2) is 4.61. The topological polar surface area (TPSA) is 102 Å². The summed E-state index contributed by atoms with van der Waals surface area (Å²) >= 11 is 0. The highest BCUT2D eigenvalue weighted by molar-refractivity contribution is 5.78. The van der Waals surface area contributed by atoms with Crippen LogP contribution in [0.25, 0.3) is 0 Å². The van der Waals surface area contributed by atoms with Crippen molar-refractivity contribution < 1.29 is 19.6 Å². The van der Waals surface area contributed by atoms with Gasteiger partial charge in [0.25, 0.3) is 5.72 Å². The summed E-state index contributed by atoms with van der Waals surface area (Å²) in [6, 6.07) is 5.73. The maximum Gasteiger partial charge on any atom is 0.363 e. The average Bonchev–Trinajstić information content (AvgIpc) is 2.79. The lowest BCUT2D eigenvalue weighted by atomic mass is 10.1. The Labute approximate surface area is 103 Å². The molecule has 1 atom stereocenters. The molecular formula is C11H12N2O5. The van der Waals surface area contributed by atoms with Gasteiger partial charge in [0.2, 0.25) is 0 Å². The van der Waals surface area contributed by atoms with Gasteiger partial charge in [0, 0.05) is 12.5 Å². The average molecular weight is 252 g/mol. The molecular weight excluding hydrogens is 240 g/mol. The van der Waals surface area contributed by atoms with Gasteiger partial charge >= 0.3 is 11.7 Å². The van der Waals surface area contributed by atoms with E-state index in [4.69, 9.17) is 4.74 Å². The van der Waals surface area contributed by atoms with Crippen molar-refractivity contribution in [2.24, 2.45) is 0 Å². The van der Waals surface area contributed by atoms with Crippen LogP contribution < -0.4 is 10.1 Å². The first-order valence-electron chi connectivity index (χ1n) is 5.46. The van der Waals surface area contributed by atoms with E-state index in [9.17, 15) is 20.0 Å². The van der Waals surface area contributed by atoms with Gasteiger partial charge in [-0.15, -0.1) is 0 Å². The molecule has 2 rings (SSSR count). The first kappa shape index (κ1) is 12.3. The molecule has 96 valence electrons. The number of nitrogens with one attached hydrogen (secondary N) is 1.